The molecular formula is C35H25Cl4NO4Si. The highest BCUT2D eigenvalue weighted by atomic mass is 35.5. The van der Waals surface area contributed by atoms with Crippen molar-refractivity contribution >= 4 is 87.5 Å². The molecule has 2 heterocycles. The van der Waals surface area contributed by atoms with E-state index in [1.807, 2.05) is 99.6 Å². The molecule has 0 atom stereocenters. The molecule has 0 aliphatic carbocycles. The van der Waals surface area contributed by atoms with E-state index in [2.05, 4.69) is 17.5 Å². The van der Waals surface area contributed by atoms with Crippen LogP contribution in [0, 0.1) is 0 Å². The van der Waals surface area contributed by atoms with Crippen LogP contribution >= 0.6 is 46.4 Å². The van der Waals surface area contributed by atoms with Crippen LogP contribution < -0.4 is 33.6 Å². The van der Waals surface area contributed by atoms with Gasteiger partial charge in [0.2, 0.25) is 0 Å². The van der Waals surface area contributed by atoms with Crippen LogP contribution in [0.1, 0.15) is 20.8 Å². The predicted octanol–water partition coefficient (Wildman–Crippen LogP) is 10.6. The first-order valence-corrected chi connectivity index (χ1v) is 17.4. The van der Waals surface area contributed by atoms with Crippen LogP contribution in [0.3, 0.4) is 0 Å². The van der Waals surface area contributed by atoms with Crippen LogP contribution in [0.15, 0.2) is 103 Å². The van der Waals surface area contributed by atoms with Gasteiger partial charge in [-0.1, -0.05) is 102 Å². The molecule has 0 N–H and O–H groups in total. The second-order valence-electron chi connectivity index (χ2n) is 10.7. The Balaban J connectivity index is 1.64. The number of fused-ring (bicyclic) bond motifs is 6. The van der Waals surface area contributed by atoms with E-state index in [4.69, 9.17) is 64.7 Å². The molecule has 0 amide bonds. The van der Waals surface area contributed by atoms with Crippen molar-refractivity contribution in [3.05, 3.63) is 123 Å². The number of para-hydroxylation sites is 1. The quantitative estimate of drug-likeness (QED) is 0.0793. The van der Waals surface area contributed by atoms with E-state index in [-0.39, 0.29) is 31.6 Å². The average Bonchev–Trinajstić information content (AvgIpc) is 3.43. The third-order valence-corrected chi connectivity index (χ3v) is 12.9. The van der Waals surface area contributed by atoms with Gasteiger partial charge < -0.3 is 23.2 Å². The number of anilines is 2. The molecule has 0 fully saturated rings. The molecule has 5 aromatic carbocycles. The van der Waals surface area contributed by atoms with Crippen molar-refractivity contribution < 1.29 is 18.3 Å². The summed E-state index contributed by atoms with van der Waals surface area (Å²) in [4.78, 5) is 2.09. The molecule has 5 aromatic rings. The monoisotopic (exact) mass is 691 g/mol. The van der Waals surface area contributed by atoms with E-state index in [1.54, 1.807) is 0 Å². The molecule has 1 spiro atoms. The smallest absolute Gasteiger partial charge is 0.501 e. The van der Waals surface area contributed by atoms with E-state index in [0.717, 1.165) is 27.8 Å². The number of hydrogen-bond donors (Lipinski definition) is 0. The first-order chi connectivity index (χ1) is 21.7. The van der Waals surface area contributed by atoms with Gasteiger partial charge in [0.1, 0.15) is 32.5 Å². The number of benzene rings is 5. The van der Waals surface area contributed by atoms with Crippen molar-refractivity contribution in [2.75, 3.05) is 4.90 Å². The fourth-order valence-corrected chi connectivity index (χ4v) is 10.4. The molecule has 0 radical (unpaired) electrons. The number of ether oxygens (including phenoxy) is 2. The molecule has 45 heavy (non-hydrogen) atoms. The molecule has 0 saturated heterocycles. The SMILES string of the molecule is C=C(C)N(c1ccccc1)c1c2c(cc3ccccc13)Oc1cccc(O/C(C)=C/C)c1[Si]21Oc2c(Cl)c(Cl)c(Cl)c(Cl)c2O1. The standard InChI is InChI=1S/C35H25Cl4NO4Si/c1-5-20(4)41-24-16-11-17-25-34(24)45(43-32-29(38)27(36)28(37)30(39)33(32)44-45)35-26(42-25)18-21-12-9-10-15-23(21)31(35)40(19(2)3)22-13-7-6-8-14-22/h5-18H,2H2,1,3-4H3/b20-5+. The number of allylic oxidation sites excluding steroid dienone is 3. The summed E-state index contributed by atoms with van der Waals surface area (Å²) in [5.41, 5.74) is 2.45. The summed E-state index contributed by atoms with van der Waals surface area (Å²) in [5.74, 6) is 2.69. The first kappa shape index (κ1) is 29.9. The Morgan fingerprint density at radius 3 is 2.07 bits per heavy atom. The van der Waals surface area contributed by atoms with Gasteiger partial charge in [0.15, 0.2) is 11.5 Å². The zero-order chi connectivity index (χ0) is 31.6. The highest BCUT2D eigenvalue weighted by Gasteiger charge is 2.63. The Labute approximate surface area is 282 Å². The highest BCUT2D eigenvalue weighted by molar-refractivity contribution is 6.97. The molecule has 7 rings (SSSR count). The summed E-state index contributed by atoms with van der Waals surface area (Å²) in [6, 6.07) is 25.7. The molecule has 0 aromatic heterocycles. The van der Waals surface area contributed by atoms with Gasteiger partial charge >= 0.3 is 8.56 Å². The Morgan fingerprint density at radius 1 is 0.778 bits per heavy atom. The van der Waals surface area contributed by atoms with E-state index in [0.29, 0.717) is 33.4 Å². The van der Waals surface area contributed by atoms with Gasteiger partial charge in [-0.05, 0) is 62.6 Å². The molecule has 2 aliphatic heterocycles. The molecule has 226 valence electrons. The van der Waals surface area contributed by atoms with Crippen LogP contribution in [-0.4, -0.2) is 8.56 Å². The largest absolute Gasteiger partial charge is 0.545 e. The fraction of sp³-hybridized carbons (Fsp3) is 0.0857. The fourth-order valence-electron chi connectivity index (χ4n) is 5.82. The van der Waals surface area contributed by atoms with Gasteiger partial charge in [-0.25, -0.2) is 0 Å². The van der Waals surface area contributed by atoms with Gasteiger partial charge in [0.05, 0.1) is 26.7 Å². The van der Waals surface area contributed by atoms with Crippen LogP contribution in [0.2, 0.25) is 20.1 Å². The lowest BCUT2D eigenvalue weighted by molar-refractivity contribution is 0.413. The average molecular weight is 693 g/mol. The van der Waals surface area contributed by atoms with Gasteiger partial charge in [0.25, 0.3) is 0 Å². The number of halogens is 4. The molecule has 0 bridgehead atoms. The Morgan fingerprint density at radius 2 is 1.42 bits per heavy atom. The van der Waals surface area contributed by atoms with Crippen molar-refractivity contribution in [2.24, 2.45) is 0 Å². The number of hydrogen-bond acceptors (Lipinski definition) is 5. The van der Waals surface area contributed by atoms with E-state index in [9.17, 15) is 0 Å². The van der Waals surface area contributed by atoms with E-state index < -0.39 is 8.56 Å². The minimum Gasteiger partial charge on any atom is -0.501 e. The highest BCUT2D eigenvalue weighted by Crippen LogP contribution is 2.56. The Hall–Kier alpha value is -3.78. The van der Waals surface area contributed by atoms with Crippen LogP contribution in [-0.2, 0) is 0 Å². The van der Waals surface area contributed by atoms with Gasteiger partial charge in [-0.2, -0.15) is 0 Å². The third-order valence-electron chi connectivity index (χ3n) is 7.82. The van der Waals surface area contributed by atoms with Crippen molar-refractivity contribution in [3.8, 4) is 28.7 Å². The van der Waals surface area contributed by atoms with Crippen LogP contribution in [0.5, 0.6) is 28.7 Å². The zero-order valence-corrected chi connectivity index (χ0v) is 28.4. The van der Waals surface area contributed by atoms with Crippen LogP contribution in [0.4, 0.5) is 11.4 Å². The zero-order valence-electron chi connectivity index (χ0n) is 24.4. The lowest BCUT2D eigenvalue weighted by Crippen LogP contribution is -2.69. The van der Waals surface area contributed by atoms with E-state index in [1.165, 1.54) is 0 Å². The van der Waals surface area contributed by atoms with Gasteiger partial charge in [0, 0.05) is 16.8 Å². The Kier molecular flexibility index (Phi) is 7.46. The Bertz CT molecular complexity index is 2050. The summed E-state index contributed by atoms with van der Waals surface area (Å²) in [7, 11) is -3.95. The maximum Gasteiger partial charge on any atom is 0.545 e. The van der Waals surface area contributed by atoms with Crippen molar-refractivity contribution in [1.29, 1.82) is 0 Å². The van der Waals surface area contributed by atoms with Gasteiger partial charge in [-0.3, -0.25) is 0 Å². The van der Waals surface area contributed by atoms with Crippen molar-refractivity contribution in [1.82, 2.24) is 0 Å². The van der Waals surface area contributed by atoms with Crippen molar-refractivity contribution in [2.45, 2.75) is 20.8 Å². The minimum absolute atomic E-state index is 0.0742. The molecule has 10 heteroatoms. The van der Waals surface area contributed by atoms with Crippen molar-refractivity contribution in [3.63, 3.8) is 0 Å². The normalized spacial score (nSPS) is 14.2. The molecular weight excluding hydrogens is 668 g/mol. The summed E-state index contributed by atoms with van der Waals surface area (Å²) in [5, 5.41) is 3.54. The molecule has 2 aliphatic rings. The number of nitrogens with zero attached hydrogens (tertiary/aromatic N) is 1. The molecule has 0 unspecified atom stereocenters. The molecule has 0 saturated carbocycles. The lowest BCUT2D eigenvalue weighted by atomic mass is 10.1. The minimum atomic E-state index is -3.95. The topological polar surface area (TPSA) is 40.2 Å². The second kappa shape index (κ2) is 11.2. The van der Waals surface area contributed by atoms with Gasteiger partial charge in [-0.15, -0.1) is 0 Å². The second-order valence-corrected chi connectivity index (χ2v) is 14.8. The maximum absolute atomic E-state index is 7.07. The summed E-state index contributed by atoms with van der Waals surface area (Å²) >= 11 is 26.7. The first-order valence-electron chi connectivity index (χ1n) is 14.1. The number of rotatable bonds is 5. The van der Waals surface area contributed by atoms with Crippen LogP contribution in [0.25, 0.3) is 10.8 Å². The summed E-state index contributed by atoms with van der Waals surface area (Å²) in [6.07, 6.45) is 1.88. The summed E-state index contributed by atoms with van der Waals surface area (Å²) in [6.45, 7) is 10.1. The predicted molar refractivity (Wildman–Crippen MR) is 187 cm³/mol. The molecule has 5 nitrogen and oxygen atoms in total. The maximum atomic E-state index is 7.07. The third kappa shape index (κ3) is 4.58. The summed E-state index contributed by atoms with van der Waals surface area (Å²) < 4.78 is 27.3. The van der Waals surface area contributed by atoms with E-state index >= 15 is 0 Å². The lowest BCUT2D eigenvalue weighted by Gasteiger charge is -2.38.